The molecule has 142 valence electrons. The van der Waals surface area contributed by atoms with E-state index >= 15 is 0 Å². The normalized spacial score (nSPS) is 12.5. The number of furan rings is 1. The molecule has 0 fully saturated rings. The number of thiophene rings is 1. The Bertz CT molecular complexity index is 1430. The van der Waals surface area contributed by atoms with E-state index in [2.05, 4.69) is 10.1 Å². The molecule has 1 aromatic carbocycles. The number of aromatic nitrogens is 3. The van der Waals surface area contributed by atoms with E-state index in [1.54, 1.807) is 23.5 Å². The number of hydrogen-bond acceptors (Lipinski definition) is 6. The minimum Gasteiger partial charge on any atom is -0.457 e. The van der Waals surface area contributed by atoms with Gasteiger partial charge in [-0.3, -0.25) is 4.79 Å². The zero-order chi connectivity index (χ0) is 19.8. The minimum atomic E-state index is -0.210. The summed E-state index contributed by atoms with van der Waals surface area (Å²) in [6.45, 7) is 0. The fourth-order valence-electron chi connectivity index (χ4n) is 2.79. The van der Waals surface area contributed by atoms with E-state index in [0.717, 1.165) is 10.4 Å². The summed E-state index contributed by atoms with van der Waals surface area (Å²) in [7, 11) is 0. The molecule has 0 unspecified atom stereocenters. The quantitative estimate of drug-likeness (QED) is 0.403. The van der Waals surface area contributed by atoms with Crippen molar-refractivity contribution in [1.29, 1.82) is 0 Å². The number of fused-ring (bicyclic) bond motifs is 1. The molecule has 0 radical (unpaired) electrons. The summed E-state index contributed by atoms with van der Waals surface area (Å²) in [6.07, 6.45) is 5.45. The molecule has 29 heavy (non-hydrogen) atoms. The van der Waals surface area contributed by atoms with Gasteiger partial charge in [0, 0.05) is 21.5 Å². The Morgan fingerprint density at radius 3 is 2.69 bits per heavy atom. The average Bonchev–Trinajstić information content (AvgIpc) is 3.49. The van der Waals surface area contributed by atoms with Crippen LogP contribution in [0.2, 0.25) is 5.02 Å². The first kappa shape index (κ1) is 18.1. The van der Waals surface area contributed by atoms with Gasteiger partial charge in [0.2, 0.25) is 4.96 Å². The summed E-state index contributed by atoms with van der Waals surface area (Å²) in [5, 5.41) is 6.97. The van der Waals surface area contributed by atoms with Crippen molar-refractivity contribution in [3.8, 4) is 11.3 Å². The molecule has 4 aromatic heterocycles. The molecule has 0 bridgehead atoms. The third-order valence-electron chi connectivity index (χ3n) is 4.17. The maximum Gasteiger partial charge on any atom is 0.291 e. The molecule has 4 heterocycles. The lowest BCUT2D eigenvalue weighted by Gasteiger charge is -1.96. The van der Waals surface area contributed by atoms with Gasteiger partial charge in [-0.05, 0) is 60.0 Å². The van der Waals surface area contributed by atoms with Crippen LogP contribution in [0, 0.1) is 0 Å². The summed E-state index contributed by atoms with van der Waals surface area (Å²) in [4.78, 5) is 18.7. The summed E-state index contributed by atoms with van der Waals surface area (Å²) >= 11 is 8.84. The molecule has 0 N–H and O–H groups in total. The van der Waals surface area contributed by atoms with Crippen molar-refractivity contribution < 1.29 is 4.42 Å². The first-order chi connectivity index (χ1) is 14.2. The van der Waals surface area contributed by atoms with Crippen LogP contribution in [0.5, 0.6) is 0 Å². The Balaban J connectivity index is 1.45. The topological polar surface area (TPSA) is 60.4 Å². The van der Waals surface area contributed by atoms with Crippen LogP contribution in [0.25, 0.3) is 34.5 Å². The molecule has 0 aliphatic heterocycles. The van der Waals surface area contributed by atoms with E-state index in [9.17, 15) is 4.79 Å². The smallest absolute Gasteiger partial charge is 0.291 e. The Kier molecular flexibility index (Phi) is 4.63. The van der Waals surface area contributed by atoms with E-state index in [4.69, 9.17) is 16.0 Å². The van der Waals surface area contributed by atoms with Crippen LogP contribution in [0.1, 0.15) is 16.5 Å². The third-order valence-corrected chi connectivity index (χ3v) is 6.22. The van der Waals surface area contributed by atoms with Crippen LogP contribution in [0.4, 0.5) is 0 Å². The second kappa shape index (κ2) is 7.44. The van der Waals surface area contributed by atoms with E-state index in [-0.39, 0.29) is 5.56 Å². The Morgan fingerprint density at radius 2 is 1.93 bits per heavy atom. The van der Waals surface area contributed by atoms with Crippen molar-refractivity contribution in [3.05, 3.63) is 90.3 Å². The van der Waals surface area contributed by atoms with Gasteiger partial charge in [-0.15, -0.1) is 16.4 Å². The third kappa shape index (κ3) is 3.67. The highest BCUT2D eigenvalue weighted by atomic mass is 35.5. The van der Waals surface area contributed by atoms with Gasteiger partial charge in [0.25, 0.3) is 5.56 Å². The van der Waals surface area contributed by atoms with Gasteiger partial charge in [0.1, 0.15) is 16.1 Å². The number of benzene rings is 1. The monoisotopic (exact) mass is 437 g/mol. The summed E-state index contributed by atoms with van der Waals surface area (Å²) in [5.41, 5.74) is 0.707. The van der Waals surface area contributed by atoms with Gasteiger partial charge in [0.15, 0.2) is 5.82 Å². The van der Waals surface area contributed by atoms with Gasteiger partial charge in [-0.2, -0.15) is 9.50 Å². The Morgan fingerprint density at radius 1 is 1.07 bits per heavy atom. The van der Waals surface area contributed by atoms with E-state index in [1.165, 1.54) is 15.9 Å². The highest BCUT2D eigenvalue weighted by molar-refractivity contribution is 7.15. The van der Waals surface area contributed by atoms with Gasteiger partial charge < -0.3 is 4.42 Å². The molecule has 5 nitrogen and oxygen atoms in total. The van der Waals surface area contributed by atoms with Crippen molar-refractivity contribution in [2.24, 2.45) is 0 Å². The number of rotatable bonds is 4. The lowest BCUT2D eigenvalue weighted by molar-refractivity contribution is 0.571. The number of halogens is 1. The molecule has 0 aliphatic carbocycles. The van der Waals surface area contributed by atoms with Gasteiger partial charge in [-0.1, -0.05) is 29.0 Å². The molecule has 0 atom stereocenters. The summed E-state index contributed by atoms with van der Waals surface area (Å²) in [6, 6.07) is 15.1. The zero-order valence-electron chi connectivity index (χ0n) is 14.8. The van der Waals surface area contributed by atoms with Crippen LogP contribution in [0.15, 0.2) is 63.1 Å². The lowest BCUT2D eigenvalue weighted by atomic mass is 10.2. The molecule has 0 aliphatic rings. The highest BCUT2D eigenvalue weighted by Crippen LogP contribution is 2.24. The maximum atomic E-state index is 12.7. The zero-order valence-corrected chi connectivity index (χ0v) is 17.2. The fourth-order valence-corrected chi connectivity index (χ4v) is 4.43. The molecule has 0 saturated carbocycles. The Labute approximate surface area is 177 Å². The molecule has 5 rings (SSSR count). The van der Waals surface area contributed by atoms with Crippen molar-refractivity contribution in [2.45, 2.75) is 0 Å². The Hall–Kier alpha value is -3.00. The molecule has 0 amide bonds. The van der Waals surface area contributed by atoms with Crippen LogP contribution in [-0.4, -0.2) is 14.6 Å². The van der Waals surface area contributed by atoms with Crippen molar-refractivity contribution in [3.63, 3.8) is 0 Å². The first-order valence-corrected chi connectivity index (χ1v) is 10.7. The summed E-state index contributed by atoms with van der Waals surface area (Å²) < 4.78 is 7.70. The predicted molar refractivity (Wildman–Crippen MR) is 118 cm³/mol. The molecule has 5 aromatic rings. The minimum absolute atomic E-state index is 0.210. The molecular weight excluding hydrogens is 426 g/mol. The average molecular weight is 438 g/mol. The first-order valence-electron chi connectivity index (χ1n) is 8.64. The number of nitrogens with zero attached hydrogens (tertiary/aromatic N) is 3. The van der Waals surface area contributed by atoms with E-state index < -0.39 is 0 Å². The van der Waals surface area contributed by atoms with Crippen molar-refractivity contribution in [2.75, 3.05) is 0 Å². The van der Waals surface area contributed by atoms with Crippen LogP contribution >= 0.6 is 34.3 Å². The number of hydrogen-bond donors (Lipinski definition) is 0. The van der Waals surface area contributed by atoms with Crippen molar-refractivity contribution >= 4 is 57.5 Å². The fraction of sp³-hybridized carbons (Fsp3) is 0. The molecular formula is C21H12ClN3O2S2. The van der Waals surface area contributed by atoms with Gasteiger partial charge in [0.05, 0.1) is 0 Å². The highest BCUT2D eigenvalue weighted by Gasteiger charge is 2.10. The van der Waals surface area contributed by atoms with Gasteiger partial charge in [-0.25, -0.2) is 0 Å². The SMILES string of the molecule is O=c1/c(=C/c2ccc(-c3ccc(Cl)cc3)o2)sc2nc(/C=C/c3cccs3)nn12. The van der Waals surface area contributed by atoms with Crippen LogP contribution in [0.3, 0.4) is 0 Å². The standard InChI is InChI=1S/C21H12ClN3O2S2/c22-14-5-3-13(4-6-14)17-9-7-15(27-17)12-18-20(26)25-21(29-18)23-19(24-25)10-8-16-2-1-11-28-16/h1-12H/b10-8+,18-12-. The molecule has 0 spiro atoms. The lowest BCUT2D eigenvalue weighted by Crippen LogP contribution is -2.23. The predicted octanol–water partition coefficient (Wildman–Crippen LogP) is 4.84. The van der Waals surface area contributed by atoms with E-state index in [0.29, 0.717) is 31.9 Å². The van der Waals surface area contributed by atoms with Crippen LogP contribution < -0.4 is 10.1 Å². The van der Waals surface area contributed by atoms with Crippen molar-refractivity contribution in [1.82, 2.24) is 14.6 Å². The maximum absolute atomic E-state index is 12.7. The largest absolute Gasteiger partial charge is 0.457 e. The van der Waals surface area contributed by atoms with Gasteiger partial charge >= 0.3 is 0 Å². The molecule has 8 heteroatoms. The number of thiazole rings is 1. The van der Waals surface area contributed by atoms with Crippen LogP contribution in [-0.2, 0) is 0 Å². The second-order valence-electron chi connectivity index (χ2n) is 6.14. The summed E-state index contributed by atoms with van der Waals surface area (Å²) in [5.74, 6) is 1.81. The van der Waals surface area contributed by atoms with E-state index in [1.807, 2.05) is 60.0 Å². The second-order valence-corrected chi connectivity index (χ2v) is 8.56. The molecule has 0 saturated heterocycles.